The summed E-state index contributed by atoms with van der Waals surface area (Å²) in [5, 5.41) is 11.3. The van der Waals surface area contributed by atoms with Crippen LogP contribution < -0.4 is 4.74 Å². The third-order valence-electron chi connectivity index (χ3n) is 6.27. The van der Waals surface area contributed by atoms with Crippen molar-refractivity contribution in [2.45, 2.75) is 50.5 Å². The summed E-state index contributed by atoms with van der Waals surface area (Å²) >= 11 is 0. The van der Waals surface area contributed by atoms with E-state index in [-0.39, 0.29) is 19.8 Å². The molecular formula is C31H36O7. The molecule has 0 unspecified atom stereocenters. The van der Waals surface area contributed by atoms with E-state index >= 15 is 0 Å². The van der Waals surface area contributed by atoms with E-state index < -0.39 is 30.7 Å². The minimum absolute atomic E-state index is 0.222. The number of hydrogen-bond donors (Lipinski definition) is 1. The van der Waals surface area contributed by atoms with Crippen LogP contribution in [0.4, 0.5) is 0 Å². The fraction of sp³-hybridized carbons (Fsp3) is 0.355. The Balaban J connectivity index is 1.51. The molecule has 0 spiro atoms. The predicted molar refractivity (Wildman–Crippen MR) is 144 cm³/mol. The van der Waals surface area contributed by atoms with Crippen molar-refractivity contribution >= 4 is 0 Å². The minimum atomic E-state index is -1.08. The molecule has 0 aliphatic carbocycles. The highest BCUT2D eigenvalue weighted by molar-refractivity contribution is 5.26. The Labute approximate surface area is 224 Å². The fourth-order valence-corrected chi connectivity index (χ4v) is 4.27. The molecule has 0 saturated carbocycles. The Hall–Kier alpha value is -3.04. The van der Waals surface area contributed by atoms with E-state index in [1.54, 1.807) is 13.2 Å². The van der Waals surface area contributed by atoms with Crippen LogP contribution in [-0.2, 0) is 43.5 Å². The molecular weight excluding hydrogens is 484 g/mol. The van der Waals surface area contributed by atoms with Crippen LogP contribution in [0.5, 0.6) is 5.75 Å². The average Bonchev–Trinajstić information content (AvgIpc) is 2.97. The van der Waals surface area contributed by atoms with Gasteiger partial charge in [0.15, 0.2) is 6.29 Å². The van der Waals surface area contributed by atoms with Crippen molar-refractivity contribution in [2.24, 2.45) is 0 Å². The molecule has 5 atom stereocenters. The molecule has 0 radical (unpaired) electrons. The topological polar surface area (TPSA) is 75.6 Å². The van der Waals surface area contributed by atoms with E-state index in [2.05, 4.69) is 6.58 Å². The van der Waals surface area contributed by atoms with Gasteiger partial charge in [0, 0.05) is 0 Å². The van der Waals surface area contributed by atoms with Crippen LogP contribution in [-0.4, -0.2) is 56.1 Å². The first-order chi connectivity index (χ1) is 18.7. The largest absolute Gasteiger partial charge is 0.497 e. The van der Waals surface area contributed by atoms with Gasteiger partial charge in [-0.15, -0.1) is 6.58 Å². The van der Waals surface area contributed by atoms with E-state index in [1.165, 1.54) is 0 Å². The second kappa shape index (κ2) is 14.8. The summed E-state index contributed by atoms with van der Waals surface area (Å²) in [4.78, 5) is 0. The van der Waals surface area contributed by atoms with Crippen LogP contribution in [0.1, 0.15) is 16.7 Å². The number of aliphatic hydroxyl groups is 1. The van der Waals surface area contributed by atoms with Crippen molar-refractivity contribution in [1.29, 1.82) is 0 Å². The number of ether oxygens (including phenoxy) is 6. The van der Waals surface area contributed by atoms with Gasteiger partial charge in [-0.1, -0.05) is 78.9 Å². The van der Waals surface area contributed by atoms with Gasteiger partial charge in [0.2, 0.25) is 0 Å². The summed E-state index contributed by atoms with van der Waals surface area (Å²) in [5.41, 5.74) is 2.99. The van der Waals surface area contributed by atoms with Gasteiger partial charge in [0.05, 0.1) is 40.1 Å². The minimum Gasteiger partial charge on any atom is -0.497 e. The second-order valence-corrected chi connectivity index (χ2v) is 9.04. The molecule has 0 aromatic heterocycles. The Morgan fingerprint density at radius 2 is 1.34 bits per heavy atom. The van der Waals surface area contributed by atoms with E-state index in [0.29, 0.717) is 13.2 Å². The average molecular weight is 521 g/mol. The van der Waals surface area contributed by atoms with Gasteiger partial charge in [0.1, 0.15) is 30.2 Å². The van der Waals surface area contributed by atoms with Crippen molar-refractivity contribution in [3.63, 3.8) is 0 Å². The lowest BCUT2D eigenvalue weighted by atomic mass is 9.98. The molecule has 1 saturated heterocycles. The molecule has 1 fully saturated rings. The van der Waals surface area contributed by atoms with Crippen molar-refractivity contribution in [3.8, 4) is 5.75 Å². The van der Waals surface area contributed by atoms with Crippen LogP contribution in [0, 0.1) is 0 Å². The van der Waals surface area contributed by atoms with Gasteiger partial charge in [-0.25, -0.2) is 0 Å². The quantitative estimate of drug-likeness (QED) is 0.310. The third kappa shape index (κ3) is 7.98. The van der Waals surface area contributed by atoms with Gasteiger partial charge in [-0.3, -0.25) is 0 Å². The number of rotatable bonds is 14. The zero-order chi connectivity index (χ0) is 26.6. The Morgan fingerprint density at radius 1 is 0.763 bits per heavy atom. The standard InChI is InChI=1S/C31H36O7/c1-3-18-35-31-28(32)30(37-21-25-14-16-26(33-2)17-15-25)29(36-20-24-12-8-5-9-13-24)27(38-31)22-34-19-23-10-6-4-7-11-23/h3-17,27-32H,1,18-22H2,2H3/t27-,28-,29+,30-,31-/m1/s1. The lowest BCUT2D eigenvalue weighted by molar-refractivity contribution is -0.316. The zero-order valence-corrected chi connectivity index (χ0v) is 21.7. The maximum Gasteiger partial charge on any atom is 0.187 e. The van der Waals surface area contributed by atoms with Crippen LogP contribution in [0.2, 0.25) is 0 Å². The molecule has 1 aliphatic heterocycles. The molecule has 7 heteroatoms. The summed E-state index contributed by atoms with van der Waals surface area (Å²) in [7, 11) is 1.63. The molecule has 38 heavy (non-hydrogen) atoms. The zero-order valence-electron chi connectivity index (χ0n) is 21.7. The number of benzene rings is 3. The molecule has 3 aromatic carbocycles. The molecule has 1 aliphatic rings. The SMILES string of the molecule is C=CCO[C@@H]1O[C@H](COCc2ccccc2)[C@H](OCc2ccccc2)[C@H](OCc2ccc(OC)cc2)[C@H]1O. The first-order valence-electron chi connectivity index (χ1n) is 12.8. The normalized spacial score (nSPS) is 23.2. The smallest absolute Gasteiger partial charge is 0.187 e. The fourth-order valence-electron chi connectivity index (χ4n) is 4.27. The number of methoxy groups -OCH3 is 1. The Kier molecular flexibility index (Phi) is 10.9. The van der Waals surface area contributed by atoms with Crippen LogP contribution in [0.3, 0.4) is 0 Å². The maximum atomic E-state index is 11.3. The van der Waals surface area contributed by atoms with Crippen molar-refractivity contribution in [3.05, 3.63) is 114 Å². The maximum absolute atomic E-state index is 11.3. The third-order valence-corrected chi connectivity index (χ3v) is 6.27. The highest BCUT2D eigenvalue weighted by Gasteiger charge is 2.47. The lowest BCUT2D eigenvalue weighted by Crippen LogP contribution is -2.61. The molecule has 0 amide bonds. The second-order valence-electron chi connectivity index (χ2n) is 9.04. The van der Waals surface area contributed by atoms with Crippen molar-refractivity contribution in [2.75, 3.05) is 20.3 Å². The highest BCUT2D eigenvalue weighted by Crippen LogP contribution is 2.29. The van der Waals surface area contributed by atoms with Crippen molar-refractivity contribution in [1.82, 2.24) is 0 Å². The van der Waals surface area contributed by atoms with Crippen molar-refractivity contribution < 1.29 is 33.5 Å². The van der Waals surface area contributed by atoms with Gasteiger partial charge in [-0.2, -0.15) is 0 Å². The van der Waals surface area contributed by atoms with E-state index in [4.69, 9.17) is 28.4 Å². The molecule has 1 heterocycles. The van der Waals surface area contributed by atoms with Crippen LogP contribution >= 0.6 is 0 Å². The summed E-state index contributed by atoms with van der Waals surface area (Å²) < 4.78 is 35.9. The van der Waals surface area contributed by atoms with Gasteiger partial charge in [0.25, 0.3) is 0 Å². The molecule has 202 valence electrons. The Morgan fingerprint density at radius 3 is 1.95 bits per heavy atom. The predicted octanol–water partition coefficient (Wildman–Crippen LogP) is 4.67. The lowest BCUT2D eigenvalue weighted by Gasteiger charge is -2.44. The van der Waals surface area contributed by atoms with Crippen LogP contribution in [0.25, 0.3) is 0 Å². The van der Waals surface area contributed by atoms with Gasteiger partial charge in [-0.05, 0) is 28.8 Å². The Bertz CT molecular complexity index is 1070. The summed E-state index contributed by atoms with van der Waals surface area (Å²) in [6, 6.07) is 27.4. The number of hydrogen-bond acceptors (Lipinski definition) is 7. The summed E-state index contributed by atoms with van der Waals surface area (Å²) in [6.07, 6.45) is -2.27. The molecule has 0 bridgehead atoms. The molecule has 7 nitrogen and oxygen atoms in total. The van der Waals surface area contributed by atoms with Gasteiger partial charge >= 0.3 is 0 Å². The molecule has 1 N–H and O–H groups in total. The monoisotopic (exact) mass is 520 g/mol. The first-order valence-corrected chi connectivity index (χ1v) is 12.8. The van der Waals surface area contributed by atoms with E-state index in [9.17, 15) is 5.11 Å². The molecule has 4 rings (SSSR count). The van der Waals surface area contributed by atoms with Crippen LogP contribution in [0.15, 0.2) is 97.6 Å². The summed E-state index contributed by atoms with van der Waals surface area (Å²) in [5.74, 6) is 0.762. The molecule has 3 aromatic rings. The summed E-state index contributed by atoms with van der Waals surface area (Å²) in [6.45, 7) is 5.18. The first kappa shape index (κ1) is 28.0. The number of aliphatic hydroxyl groups excluding tert-OH is 1. The highest BCUT2D eigenvalue weighted by atomic mass is 16.7. The van der Waals surface area contributed by atoms with E-state index in [1.807, 2.05) is 84.9 Å². The van der Waals surface area contributed by atoms with E-state index in [0.717, 1.165) is 22.4 Å². The van der Waals surface area contributed by atoms with Gasteiger partial charge < -0.3 is 33.5 Å².